The first kappa shape index (κ1) is 25.0. The molecule has 3 N–H and O–H groups in total. The fourth-order valence-corrected chi connectivity index (χ4v) is 5.00. The Morgan fingerprint density at radius 1 is 1.05 bits per heavy atom. The zero-order valence-electron chi connectivity index (χ0n) is 21.6. The number of hydrogen-bond donors (Lipinski definition) is 3. The van der Waals surface area contributed by atoms with E-state index in [-0.39, 0.29) is 22.9 Å². The van der Waals surface area contributed by atoms with Gasteiger partial charge in [0, 0.05) is 11.1 Å². The SMILES string of the molecule is COc1ccc(-c2c(Nc3nncnc3C(=O)O)[nH]c3c(C4=CCCCC4)c(-c4ccccc4)nn3c2=O)cc1. The van der Waals surface area contributed by atoms with Gasteiger partial charge < -0.3 is 20.1 Å². The van der Waals surface area contributed by atoms with Gasteiger partial charge in [0.25, 0.3) is 5.56 Å². The molecule has 0 aliphatic heterocycles. The van der Waals surface area contributed by atoms with E-state index in [4.69, 9.17) is 9.84 Å². The zero-order valence-corrected chi connectivity index (χ0v) is 21.6. The lowest BCUT2D eigenvalue weighted by atomic mass is 9.92. The number of aromatic amines is 1. The number of nitrogens with zero attached hydrogens (tertiary/aromatic N) is 5. The van der Waals surface area contributed by atoms with Crippen molar-refractivity contribution in [3.8, 4) is 28.1 Å². The number of aromatic nitrogens is 6. The number of methoxy groups -OCH3 is 1. The first-order chi connectivity index (χ1) is 19.5. The summed E-state index contributed by atoms with van der Waals surface area (Å²) >= 11 is 0. The second kappa shape index (κ2) is 10.4. The Morgan fingerprint density at radius 2 is 1.85 bits per heavy atom. The van der Waals surface area contributed by atoms with Crippen molar-refractivity contribution in [2.45, 2.75) is 25.7 Å². The summed E-state index contributed by atoms with van der Waals surface area (Å²) in [5.41, 5.74) is 4.08. The maximum absolute atomic E-state index is 14.2. The summed E-state index contributed by atoms with van der Waals surface area (Å²) in [6, 6.07) is 16.7. The third-order valence-corrected chi connectivity index (χ3v) is 6.89. The van der Waals surface area contributed by atoms with Crippen LogP contribution in [0.25, 0.3) is 33.6 Å². The Hall–Kier alpha value is -5.32. The molecular weight excluding hydrogens is 510 g/mol. The van der Waals surface area contributed by atoms with Gasteiger partial charge in [0.2, 0.25) is 0 Å². The number of fused-ring (bicyclic) bond motifs is 1. The van der Waals surface area contributed by atoms with Crippen LogP contribution in [0, 0.1) is 0 Å². The molecule has 1 aliphatic carbocycles. The summed E-state index contributed by atoms with van der Waals surface area (Å²) in [4.78, 5) is 33.3. The highest BCUT2D eigenvalue weighted by Crippen LogP contribution is 2.37. The highest BCUT2D eigenvalue weighted by Gasteiger charge is 2.25. The third-order valence-electron chi connectivity index (χ3n) is 6.89. The van der Waals surface area contributed by atoms with Gasteiger partial charge in [-0.15, -0.1) is 10.2 Å². The molecule has 0 bridgehead atoms. The quantitative estimate of drug-likeness (QED) is 0.263. The molecule has 1 aliphatic rings. The number of carboxylic acids is 1. The van der Waals surface area contributed by atoms with Crippen LogP contribution in [-0.4, -0.2) is 48.0 Å². The van der Waals surface area contributed by atoms with Crippen molar-refractivity contribution in [3.05, 3.63) is 88.6 Å². The number of aromatic carboxylic acids is 1. The van der Waals surface area contributed by atoms with E-state index in [0.717, 1.165) is 48.7 Å². The molecule has 0 saturated carbocycles. The van der Waals surface area contributed by atoms with E-state index in [1.54, 1.807) is 31.4 Å². The molecule has 0 atom stereocenters. The van der Waals surface area contributed by atoms with E-state index in [1.165, 1.54) is 4.52 Å². The highest BCUT2D eigenvalue weighted by molar-refractivity contribution is 5.93. The Morgan fingerprint density at radius 3 is 2.55 bits per heavy atom. The average Bonchev–Trinajstić information content (AvgIpc) is 3.38. The number of benzene rings is 2. The predicted octanol–water partition coefficient (Wildman–Crippen LogP) is 4.95. The van der Waals surface area contributed by atoms with Crippen molar-refractivity contribution in [1.29, 1.82) is 0 Å². The number of rotatable bonds is 7. The summed E-state index contributed by atoms with van der Waals surface area (Å²) in [5, 5.41) is 25.2. The Kier molecular flexibility index (Phi) is 6.52. The largest absolute Gasteiger partial charge is 0.497 e. The predicted molar refractivity (Wildman–Crippen MR) is 150 cm³/mol. The second-order valence-corrected chi connectivity index (χ2v) is 9.32. The van der Waals surface area contributed by atoms with Crippen LogP contribution < -0.4 is 15.6 Å². The molecule has 2 aromatic carbocycles. The zero-order chi connectivity index (χ0) is 27.6. The molecule has 0 spiro atoms. The first-order valence-corrected chi connectivity index (χ1v) is 12.8. The molecule has 0 fully saturated rings. The molecule has 0 amide bonds. The fraction of sp³-hybridized carbons (Fsp3) is 0.172. The molecule has 3 aromatic heterocycles. The third kappa shape index (κ3) is 4.47. The summed E-state index contributed by atoms with van der Waals surface area (Å²) in [6.07, 6.45) is 7.18. The Bertz CT molecular complexity index is 1810. The fourth-order valence-electron chi connectivity index (χ4n) is 5.00. The van der Waals surface area contributed by atoms with Gasteiger partial charge in [-0.3, -0.25) is 4.79 Å². The molecule has 200 valence electrons. The van der Waals surface area contributed by atoms with Crippen LogP contribution in [0.2, 0.25) is 0 Å². The number of carbonyl (C=O) groups is 1. The monoisotopic (exact) mass is 535 g/mol. The maximum Gasteiger partial charge on any atom is 0.358 e. The molecule has 0 radical (unpaired) electrons. The number of H-pyrrole nitrogens is 1. The van der Waals surface area contributed by atoms with Crippen molar-refractivity contribution in [2.24, 2.45) is 0 Å². The van der Waals surface area contributed by atoms with Crippen molar-refractivity contribution >= 4 is 28.8 Å². The van der Waals surface area contributed by atoms with Gasteiger partial charge in [-0.05, 0) is 49.0 Å². The topological polar surface area (TPSA) is 147 Å². The minimum absolute atomic E-state index is 0.106. The lowest BCUT2D eigenvalue weighted by molar-refractivity contribution is 0.0691. The normalized spacial score (nSPS) is 13.2. The number of allylic oxidation sites excluding steroid dienone is 2. The van der Waals surface area contributed by atoms with Gasteiger partial charge in [0.05, 0.1) is 12.7 Å². The van der Waals surface area contributed by atoms with Crippen LogP contribution >= 0.6 is 0 Å². The smallest absolute Gasteiger partial charge is 0.358 e. The summed E-state index contributed by atoms with van der Waals surface area (Å²) in [7, 11) is 1.56. The lowest BCUT2D eigenvalue weighted by Crippen LogP contribution is -2.20. The Balaban J connectivity index is 1.66. The molecule has 40 heavy (non-hydrogen) atoms. The van der Waals surface area contributed by atoms with Gasteiger partial charge in [-0.2, -0.15) is 9.61 Å². The number of anilines is 2. The minimum atomic E-state index is -1.28. The molecule has 6 rings (SSSR count). The van der Waals surface area contributed by atoms with Crippen molar-refractivity contribution in [1.82, 2.24) is 29.8 Å². The number of nitrogens with one attached hydrogen (secondary N) is 2. The first-order valence-electron chi connectivity index (χ1n) is 12.8. The van der Waals surface area contributed by atoms with Gasteiger partial charge in [-0.1, -0.05) is 48.5 Å². The lowest BCUT2D eigenvalue weighted by Gasteiger charge is -2.15. The van der Waals surface area contributed by atoms with E-state index in [1.807, 2.05) is 30.3 Å². The molecule has 0 saturated heterocycles. The summed E-state index contributed by atoms with van der Waals surface area (Å²) < 4.78 is 6.67. The van der Waals surface area contributed by atoms with Gasteiger partial charge in [0.15, 0.2) is 11.5 Å². The van der Waals surface area contributed by atoms with E-state index in [0.29, 0.717) is 22.7 Å². The van der Waals surface area contributed by atoms with Crippen LogP contribution in [0.4, 0.5) is 11.6 Å². The maximum atomic E-state index is 14.2. The van der Waals surface area contributed by atoms with Crippen LogP contribution in [0.15, 0.2) is 71.8 Å². The Labute approximate surface area is 228 Å². The number of ether oxygens (including phenoxy) is 1. The highest BCUT2D eigenvalue weighted by atomic mass is 16.5. The summed E-state index contributed by atoms with van der Waals surface area (Å²) in [6.45, 7) is 0. The van der Waals surface area contributed by atoms with Crippen molar-refractivity contribution in [2.75, 3.05) is 12.4 Å². The molecule has 0 unspecified atom stereocenters. The van der Waals surface area contributed by atoms with Gasteiger partial charge in [-0.25, -0.2) is 9.78 Å². The van der Waals surface area contributed by atoms with E-state index < -0.39 is 11.5 Å². The number of hydrogen-bond acceptors (Lipinski definition) is 8. The molecule has 11 nitrogen and oxygen atoms in total. The van der Waals surface area contributed by atoms with Gasteiger partial charge >= 0.3 is 5.97 Å². The van der Waals surface area contributed by atoms with E-state index >= 15 is 0 Å². The molecular formula is C29H25N7O4. The van der Waals surface area contributed by atoms with Crippen LogP contribution in [0.1, 0.15) is 41.7 Å². The van der Waals surface area contributed by atoms with E-state index in [2.05, 4.69) is 31.6 Å². The minimum Gasteiger partial charge on any atom is -0.497 e. The number of carboxylic acid groups (broad SMARTS) is 1. The molecule has 3 heterocycles. The second-order valence-electron chi connectivity index (χ2n) is 9.32. The van der Waals surface area contributed by atoms with Crippen molar-refractivity contribution < 1.29 is 14.6 Å². The van der Waals surface area contributed by atoms with E-state index in [9.17, 15) is 14.7 Å². The molecule has 5 aromatic rings. The van der Waals surface area contributed by atoms with Crippen LogP contribution in [-0.2, 0) is 0 Å². The van der Waals surface area contributed by atoms with Crippen LogP contribution in [0.5, 0.6) is 5.75 Å². The standard InChI is InChI=1S/C29H25N7O4/c1-40-20-14-12-18(13-15-20)22-25(32-26-24(29(38)39)30-16-31-34-26)33-27-21(17-8-4-2-5-9-17)23(35-36(27)28(22)37)19-10-6-3-7-11-19/h3,6-8,10-16,33H,2,4-5,9H2,1H3,(H,32,34)(H,38,39). The van der Waals surface area contributed by atoms with Gasteiger partial charge in [0.1, 0.15) is 29.2 Å². The molecule has 11 heteroatoms. The van der Waals surface area contributed by atoms with Crippen LogP contribution in [0.3, 0.4) is 0 Å². The average molecular weight is 536 g/mol. The summed E-state index contributed by atoms with van der Waals surface area (Å²) in [5.74, 6) is -0.523. The van der Waals surface area contributed by atoms with Crippen molar-refractivity contribution in [3.63, 3.8) is 0 Å².